The molecule has 27 heavy (non-hydrogen) atoms. The average Bonchev–Trinajstić information content (AvgIpc) is 2.72. The van der Waals surface area contributed by atoms with Gasteiger partial charge in [0.05, 0.1) is 25.9 Å². The molecule has 0 saturated carbocycles. The summed E-state index contributed by atoms with van der Waals surface area (Å²) in [5.41, 5.74) is 2.50. The number of hydrogen-bond acceptors (Lipinski definition) is 5. The quantitative estimate of drug-likeness (QED) is 0.744. The summed E-state index contributed by atoms with van der Waals surface area (Å²) in [7, 11) is 1.67. The molecule has 2 aromatic rings. The molecule has 3 rings (SSSR count). The summed E-state index contributed by atoms with van der Waals surface area (Å²) in [6, 6.07) is 15.4. The van der Waals surface area contributed by atoms with Crippen LogP contribution in [-0.2, 0) is 11.3 Å². The zero-order chi connectivity index (χ0) is 19.1. The van der Waals surface area contributed by atoms with Gasteiger partial charge in [-0.1, -0.05) is 24.3 Å². The molecule has 0 aromatic heterocycles. The fraction of sp³-hybridized carbons (Fsp3) is 0.381. The van der Waals surface area contributed by atoms with Gasteiger partial charge in [0.25, 0.3) is 0 Å². The number of carbonyl (C=O) groups is 1. The summed E-state index contributed by atoms with van der Waals surface area (Å²) in [5, 5.41) is 12.6. The van der Waals surface area contributed by atoms with Crippen molar-refractivity contribution in [1.82, 2.24) is 10.2 Å². The minimum atomic E-state index is -0.902. The Morgan fingerprint density at radius 1 is 1.22 bits per heavy atom. The van der Waals surface area contributed by atoms with Crippen LogP contribution in [0.3, 0.4) is 0 Å². The molecule has 0 aliphatic carbocycles. The third kappa shape index (κ3) is 5.29. The van der Waals surface area contributed by atoms with Gasteiger partial charge in [-0.05, 0) is 35.4 Å². The largest absolute Gasteiger partial charge is 0.497 e. The van der Waals surface area contributed by atoms with Gasteiger partial charge in [0.15, 0.2) is 0 Å². The summed E-state index contributed by atoms with van der Waals surface area (Å²) in [6.07, 6.45) is 0. The number of benzene rings is 2. The Bertz CT molecular complexity index is 742. The van der Waals surface area contributed by atoms with Crippen molar-refractivity contribution in [2.24, 2.45) is 0 Å². The van der Waals surface area contributed by atoms with Crippen LogP contribution in [0.5, 0.6) is 5.75 Å². The Balaban J connectivity index is 1.67. The van der Waals surface area contributed by atoms with Crippen LogP contribution in [-0.4, -0.2) is 55.9 Å². The van der Waals surface area contributed by atoms with Crippen LogP contribution in [0.2, 0.25) is 0 Å². The molecule has 144 valence electrons. The lowest BCUT2D eigenvalue weighted by Crippen LogP contribution is -2.42. The highest BCUT2D eigenvalue weighted by molar-refractivity contribution is 5.87. The third-order valence-electron chi connectivity index (χ3n) is 4.83. The minimum Gasteiger partial charge on any atom is -0.497 e. The highest BCUT2D eigenvalue weighted by Crippen LogP contribution is 2.23. The first-order chi connectivity index (χ1) is 13.2. The number of nitrogens with one attached hydrogen (secondary N) is 1. The van der Waals surface area contributed by atoms with E-state index in [1.165, 1.54) is 5.56 Å². The maximum Gasteiger partial charge on any atom is 0.335 e. The second-order valence-electron chi connectivity index (χ2n) is 6.57. The van der Waals surface area contributed by atoms with Gasteiger partial charge in [0.1, 0.15) is 5.75 Å². The van der Waals surface area contributed by atoms with E-state index in [0.29, 0.717) is 12.1 Å². The van der Waals surface area contributed by atoms with Crippen molar-refractivity contribution >= 4 is 5.97 Å². The van der Waals surface area contributed by atoms with E-state index in [1.54, 1.807) is 25.3 Å². The number of nitrogens with zero attached hydrogens (tertiary/aromatic N) is 1. The number of carboxylic acid groups (broad SMARTS) is 1. The van der Waals surface area contributed by atoms with E-state index in [0.717, 1.165) is 44.2 Å². The van der Waals surface area contributed by atoms with E-state index in [1.807, 2.05) is 18.2 Å². The molecule has 0 radical (unpaired) electrons. The molecule has 1 aliphatic heterocycles. The number of carboxylic acids is 1. The third-order valence-corrected chi connectivity index (χ3v) is 4.83. The number of ether oxygens (including phenoxy) is 2. The molecule has 2 N–H and O–H groups in total. The van der Waals surface area contributed by atoms with Gasteiger partial charge in [-0.15, -0.1) is 0 Å². The first-order valence-corrected chi connectivity index (χ1v) is 9.16. The smallest absolute Gasteiger partial charge is 0.335 e. The molecule has 0 spiro atoms. The van der Waals surface area contributed by atoms with Gasteiger partial charge in [0, 0.05) is 32.2 Å². The van der Waals surface area contributed by atoms with Gasteiger partial charge in [-0.2, -0.15) is 0 Å². The van der Waals surface area contributed by atoms with Crippen LogP contribution in [0.1, 0.15) is 27.5 Å². The standard InChI is InChI=1S/C21H26N2O4/c1-26-19-7-5-17(6-8-19)20(23-9-11-27-12-10-23)15-22-14-16-3-2-4-18(13-16)21(24)25/h2-8,13,20,22H,9-12,14-15H2,1H3,(H,24,25). The van der Waals surface area contributed by atoms with Crippen LogP contribution < -0.4 is 10.1 Å². The van der Waals surface area contributed by atoms with Crippen LogP contribution >= 0.6 is 0 Å². The molecule has 1 atom stereocenters. The van der Waals surface area contributed by atoms with Crippen LogP contribution in [0.15, 0.2) is 48.5 Å². The summed E-state index contributed by atoms with van der Waals surface area (Å²) >= 11 is 0. The molecular formula is C21H26N2O4. The average molecular weight is 370 g/mol. The van der Waals surface area contributed by atoms with Crippen molar-refractivity contribution in [3.05, 3.63) is 65.2 Å². The van der Waals surface area contributed by atoms with Gasteiger partial charge in [-0.25, -0.2) is 4.79 Å². The molecular weight excluding hydrogens is 344 g/mol. The fourth-order valence-electron chi connectivity index (χ4n) is 3.34. The first kappa shape index (κ1) is 19.4. The number of hydrogen-bond donors (Lipinski definition) is 2. The molecule has 1 heterocycles. The molecule has 1 fully saturated rings. The molecule has 1 saturated heterocycles. The molecule has 6 heteroatoms. The Morgan fingerprint density at radius 3 is 2.63 bits per heavy atom. The monoisotopic (exact) mass is 370 g/mol. The van der Waals surface area contributed by atoms with Crippen molar-refractivity contribution < 1.29 is 19.4 Å². The zero-order valence-electron chi connectivity index (χ0n) is 15.6. The van der Waals surface area contributed by atoms with E-state index >= 15 is 0 Å². The molecule has 0 bridgehead atoms. The highest BCUT2D eigenvalue weighted by atomic mass is 16.5. The molecule has 1 unspecified atom stereocenters. The lowest BCUT2D eigenvalue weighted by Gasteiger charge is -2.35. The topological polar surface area (TPSA) is 71.0 Å². The van der Waals surface area contributed by atoms with E-state index in [-0.39, 0.29) is 6.04 Å². The lowest BCUT2D eigenvalue weighted by atomic mass is 10.0. The van der Waals surface area contributed by atoms with Gasteiger partial charge >= 0.3 is 5.97 Å². The number of rotatable bonds is 8. The lowest BCUT2D eigenvalue weighted by molar-refractivity contribution is 0.0161. The summed E-state index contributed by atoms with van der Waals surface area (Å²) in [6.45, 7) is 4.67. The summed E-state index contributed by atoms with van der Waals surface area (Å²) < 4.78 is 10.8. The Hall–Kier alpha value is -2.41. The van der Waals surface area contributed by atoms with Crippen LogP contribution in [0.4, 0.5) is 0 Å². The van der Waals surface area contributed by atoms with Gasteiger partial charge < -0.3 is 19.9 Å². The molecule has 1 aliphatic rings. The number of methoxy groups -OCH3 is 1. The second kappa shape index (κ2) is 9.50. The minimum absolute atomic E-state index is 0.225. The highest BCUT2D eigenvalue weighted by Gasteiger charge is 2.22. The van der Waals surface area contributed by atoms with E-state index < -0.39 is 5.97 Å². The zero-order valence-corrected chi connectivity index (χ0v) is 15.6. The van der Waals surface area contributed by atoms with Crippen molar-refractivity contribution in [2.75, 3.05) is 40.0 Å². The van der Waals surface area contributed by atoms with Gasteiger partial charge in [0.2, 0.25) is 0 Å². The van der Waals surface area contributed by atoms with E-state index in [4.69, 9.17) is 14.6 Å². The summed E-state index contributed by atoms with van der Waals surface area (Å²) in [5.74, 6) is -0.0563. The fourth-order valence-corrected chi connectivity index (χ4v) is 3.34. The molecule has 6 nitrogen and oxygen atoms in total. The van der Waals surface area contributed by atoms with Gasteiger partial charge in [-0.3, -0.25) is 4.90 Å². The normalized spacial score (nSPS) is 16.0. The molecule has 0 amide bonds. The van der Waals surface area contributed by atoms with E-state index in [9.17, 15) is 4.79 Å². The Morgan fingerprint density at radius 2 is 1.96 bits per heavy atom. The second-order valence-corrected chi connectivity index (χ2v) is 6.57. The molecule has 2 aromatic carbocycles. The van der Waals surface area contributed by atoms with E-state index in [2.05, 4.69) is 22.3 Å². The SMILES string of the molecule is COc1ccc(C(CNCc2cccc(C(=O)O)c2)N2CCOCC2)cc1. The van der Waals surface area contributed by atoms with Crippen molar-refractivity contribution in [3.8, 4) is 5.75 Å². The Labute approximate surface area is 159 Å². The van der Waals surface area contributed by atoms with Crippen LogP contribution in [0, 0.1) is 0 Å². The Kier molecular flexibility index (Phi) is 6.81. The number of morpholine rings is 1. The van der Waals surface area contributed by atoms with Crippen LogP contribution in [0.25, 0.3) is 0 Å². The predicted octanol–water partition coefficient (Wildman–Crippen LogP) is 2.56. The predicted molar refractivity (Wildman–Crippen MR) is 103 cm³/mol. The number of aromatic carboxylic acids is 1. The maximum absolute atomic E-state index is 11.1. The maximum atomic E-state index is 11.1. The summed E-state index contributed by atoms with van der Waals surface area (Å²) in [4.78, 5) is 13.6. The van der Waals surface area contributed by atoms with Crippen molar-refractivity contribution in [2.45, 2.75) is 12.6 Å². The first-order valence-electron chi connectivity index (χ1n) is 9.16. The van der Waals surface area contributed by atoms with Crippen molar-refractivity contribution in [1.29, 1.82) is 0 Å². The van der Waals surface area contributed by atoms with Crippen molar-refractivity contribution in [3.63, 3.8) is 0 Å².